The van der Waals surface area contributed by atoms with Gasteiger partial charge in [-0.05, 0) is 73.2 Å². The van der Waals surface area contributed by atoms with Crippen LogP contribution in [0.1, 0.15) is 27.0 Å². The fraction of sp³-hybridized carbons (Fsp3) is 0.0455. The number of nitrogens with zero attached hydrogens (tertiary/aromatic N) is 2. The molecule has 0 N–H and O–H groups in total. The van der Waals surface area contributed by atoms with Crippen LogP contribution in [0, 0.1) is 18.3 Å². The lowest BCUT2D eigenvalue weighted by atomic mass is 10.1. The molecule has 0 saturated carbocycles. The molecule has 4 heteroatoms. The summed E-state index contributed by atoms with van der Waals surface area (Å²) in [5.74, 6) is 0.0927. The molecule has 26 heavy (non-hydrogen) atoms. The molecule has 0 spiro atoms. The first-order chi connectivity index (χ1) is 12.6. The van der Waals surface area contributed by atoms with E-state index in [9.17, 15) is 4.79 Å². The third-order valence-corrected chi connectivity index (χ3v) is 3.74. The van der Waals surface area contributed by atoms with Crippen LogP contribution in [0.25, 0.3) is 0 Å². The molecule has 0 heterocycles. The van der Waals surface area contributed by atoms with Crippen LogP contribution in [0.2, 0.25) is 0 Å². The Morgan fingerprint density at radius 3 is 2.23 bits per heavy atom. The highest BCUT2D eigenvalue weighted by Gasteiger charge is 2.07. The van der Waals surface area contributed by atoms with Crippen LogP contribution < -0.4 is 4.74 Å². The number of hydrogen-bond donors (Lipinski definition) is 0. The average molecular weight is 340 g/mol. The Kier molecular flexibility index (Phi) is 5.21. The smallest absolute Gasteiger partial charge is 0.343 e. The van der Waals surface area contributed by atoms with Crippen molar-refractivity contribution < 1.29 is 9.53 Å². The largest absolute Gasteiger partial charge is 0.423 e. The van der Waals surface area contributed by atoms with Gasteiger partial charge in [-0.25, -0.2) is 4.79 Å². The van der Waals surface area contributed by atoms with Crippen molar-refractivity contribution in [1.82, 2.24) is 0 Å². The van der Waals surface area contributed by atoms with E-state index in [4.69, 9.17) is 10.00 Å². The molecule has 3 rings (SSSR count). The lowest BCUT2D eigenvalue weighted by molar-refractivity contribution is 0.0735. The van der Waals surface area contributed by atoms with Crippen LogP contribution in [0.5, 0.6) is 5.75 Å². The zero-order valence-corrected chi connectivity index (χ0v) is 14.2. The molecule has 0 aliphatic rings. The molecule has 0 aliphatic carbocycles. The van der Waals surface area contributed by atoms with E-state index in [1.807, 2.05) is 31.2 Å². The zero-order valence-electron chi connectivity index (χ0n) is 14.2. The Morgan fingerprint density at radius 1 is 0.962 bits per heavy atom. The molecule has 0 radical (unpaired) electrons. The molecule has 0 fully saturated rings. The number of ether oxygens (including phenoxy) is 1. The first kappa shape index (κ1) is 17.1. The van der Waals surface area contributed by atoms with E-state index in [0.29, 0.717) is 16.9 Å². The fourth-order valence-electron chi connectivity index (χ4n) is 2.25. The number of aliphatic imine (C=N–C) groups is 1. The lowest BCUT2D eigenvalue weighted by Gasteiger charge is -2.05. The van der Waals surface area contributed by atoms with Crippen molar-refractivity contribution in [1.29, 1.82) is 5.26 Å². The maximum atomic E-state index is 12.1. The van der Waals surface area contributed by atoms with Gasteiger partial charge in [-0.2, -0.15) is 5.26 Å². The number of carbonyl (C=O) groups excluding carboxylic acids is 1. The minimum atomic E-state index is -0.385. The fourth-order valence-corrected chi connectivity index (χ4v) is 2.25. The molecule has 0 bridgehead atoms. The summed E-state index contributed by atoms with van der Waals surface area (Å²) in [6.45, 7) is 1.97. The number of rotatable bonds is 4. The van der Waals surface area contributed by atoms with E-state index in [2.05, 4.69) is 11.1 Å². The number of carbonyl (C=O) groups is 1. The van der Waals surface area contributed by atoms with Gasteiger partial charge in [-0.1, -0.05) is 17.7 Å². The van der Waals surface area contributed by atoms with Crippen molar-refractivity contribution in [3.63, 3.8) is 0 Å². The van der Waals surface area contributed by atoms with Gasteiger partial charge in [0.05, 0.1) is 22.9 Å². The predicted octanol–water partition coefficient (Wildman–Crippen LogP) is 4.84. The average Bonchev–Trinajstić information content (AvgIpc) is 2.68. The molecular formula is C22H16N2O2. The van der Waals surface area contributed by atoms with Crippen LogP contribution in [0.4, 0.5) is 5.69 Å². The Balaban J connectivity index is 1.64. The quantitative estimate of drug-likeness (QED) is 0.388. The second-order valence-corrected chi connectivity index (χ2v) is 5.74. The van der Waals surface area contributed by atoms with Crippen molar-refractivity contribution >= 4 is 17.9 Å². The Morgan fingerprint density at radius 2 is 1.62 bits per heavy atom. The van der Waals surface area contributed by atoms with Crippen molar-refractivity contribution in [3.8, 4) is 11.8 Å². The van der Waals surface area contributed by atoms with E-state index >= 15 is 0 Å². The number of hydrogen-bond acceptors (Lipinski definition) is 4. The number of nitriles is 1. The summed E-state index contributed by atoms with van der Waals surface area (Å²) in [4.78, 5) is 16.5. The summed E-state index contributed by atoms with van der Waals surface area (Å²) < 4.78 is 5.37. The normalized spacial score (nSPS) is 10.5. The lowest BCUT2D eigenvalue weighted by Crippen LogP contribution is -2.08. The molecule has 3 aromatic rings. The second-order valence-electron chi connectivity index (χ2n) is 5.74. The van der Waals surface area contributed by atoms with Crippen molar-refractivity contribution in [3.05, 3.63) is 95.1 Å². The Bertz CT molecular complexity index is 965. The second kappa shape index (κ2) is 7.91. The molecule has 0 atom stereocenters. The highest BCUT2D eigenvalue weighted by atomic mass is 16.5. The van der Waals surface area contributed by atoms with E-state index in [1.54, 1.807) is 54.7 Å². The van der Waals surface area contributed by atoms with E-state index in [0.717, 1.165) is 16.8 Å². The molecule has 0 aromatic heterocycles. The minimum Gasteiger partial charge on any atom is -0.423 e. The molecular weight excluding hydrogens is 324 g/mol. The molecule has 0 amide bonds. The topological polar surface area (TPSA) is 62.4 Å². The van der Waals surface area contributed by atoms with Gasteiger partial charge in [0.1, 0.15) is 5.75 Å². The summed E-state index contributed by atoms with van der Waals surface area (Å²) in [6, 6.07) is 23.4. The van der Waals surface area contributed by atoms with Crippen LogP contribution >= 0.6 is 0 Å². The summed E-state index contributed by atoms with van der Waals surface area (Å²) in [6.07, 6.45) is 1.72. The van der Waals surface area contributed by atoms with E-state index in [1.165, 1.54) is 0 Å². The Hall–Kier alpha value is -3.71. The molecule has 126 valence electrons. The number of esters is 1. The SMILES string of the molecule is Cc1ccc(C(=O)Oc2ccc(C=Nc3ccc(C#N)cc3)cc2)cc1. The van der Waals surface area contributed by atoms with E-state index < -0.39 is 0 Å². The van der Waals surface area contributed by atoms with Gasteiger partial charge < -0.3 is 4.74 Å². The summed E-state index contributed by atoms with van der Waals surface area (Å²) in [5, 5.41) is 8.79. The van der Waals surface area contributed by atoms with Crippen molar-refractivity contribution in [2.24, 2.45) is 4.99 Å². The summed E-state index contributed by atoms with van der Waals surface area (Å²) >= 11 is 0. The first-order valence-electron chi connectivity index (χ1n) is 8.07. The highest BCUT2D eigenvalue weighted by Crippen LogP contribution is 2.16. The monoisotopic (exact) mass is 340 g/mol. The minimum absolute atomic E-state index is 0.385. The van der Waals surface area contributed by atoms with Gasteiger partial charge in [-0.3, -0.25) is 4.99 Å². The summed E-state index contributed by atoms with van der Waals surface area (Å²) in [5.41, 5.74) is 3.85. The highest BCUT2D eigenvalue weighted by molar-refractivity contribution is 5.91. The molecule has 3 aromatic carbocycles. The van der Waals surface area contributed by atoms with Gasteiger partial charge in [0, 0.05) is 6.21 Å². The van der Waals surface area contributed by atoms with E-state index in [-0.39, 0.29) is 5.97 Å². The Labute approximate surface area is 152 Å². The van der Waals surface area contributed by atoms with Gasteiger partial charge >= 0.3 is 5.97 Å². The molecule has 0 unspecified atom stereocenters. The number of aryl methyl sites for hydroxylation is 1. The van der Waals surface area contributed by atoms with Crippen LogP contribution in [-0.4, -0.2) is 12.2 Å². The van der Waals surface area contributed by atoms with Gasteiger partial charge in [0.15, 0.2) is 0 Å². The van der Waals surface area contributed by atoms with Gasteiger partial charge in [-0.15, -0.1) is 0 Å². The number of benzene rings is 3. The van der Waals surface area contributed by atoms with Crippen LogP contribution in [-0.2, 0) is 0 Å². The molecule has 4 nitrogen and oxygen atoms in total. The van der Waals surface area contributed by atoms with Crippen molar-refractivity contribution in [2.75, 3.05) is 0 Å². The van der Waals surface area contributed by atoms with Crippen molar-refractivity contribution in [2.45, 2.75) is 6.92 Å². The van der Waals surface area contributed by atoms with Gasteiger partial charge in [0.2, 0.25) is 0 Å². The maximum Gasteiger partial charge on any atom is 0.343 e. The third kappa shape index (κ3) is 4.43. The predicted molar refractivity (Wildman–Crippen MR) is 101 cm³/mol. The van der Waals surface area contributed by atoms with Crippen LogP contribution in [0.15, 0.2) is 77.8 Å². The zero-order chi connectivity index (χ0) is 18.4. The molecule has 0 aliphatic heterocycles. The third-order valence-electron chi connectivity index (χ3n) is 3.74. The standard InChI is InChI=1S/C22H16N2O2/c1-16-2-8-19(9-3-16)22(25)26-21-12-6-18(7-13-21)15-24-20-10-4-17(14-23)5-11-20/h2-13,15H,1H3. The maximum absolute atomic E-state index is 12.1. The molecule has 0 saturated heterocycles. The summed E-state index contributed by atoms with van der Waals surface area (Å²) in [7, 11) is 0. The van der Waals surface area contributed by atoms with Crippen LogP contribution in [0.3, 0.4) is 0 Å². The first-order valence-corrected chi connectivity index (χ1v) is 8.07. The van der Waals surface area contributed by atoms with Gasteiger partial charge in [0.25, 0.3) is 0 Å².